The van der Waals surface area contributed by atoms with Crippen molar-refractivity contribution in [2.45, 2.75) is 6.04 Å². The van der Waals surface area contributed by atoms with Gasteiger partial charge in [0.05, 0.1) is 18.2 Å². The first-order valence-electron chi connectivity index (χ1n) is 4.62. The smallest absolute Gasteiger partial charge is 0.231 e. The molecule has 86 valence electrons. The van der Waals surface area contributed by atoms with E-state index in [9.17, 15) is 4.79 Å². The van der Waals surface area contributed by atoms with Crippen molar-refractivity contribution >= 4 is 22.2 Å². The molecule has 1 aromatic carbocycles. The van der Waals surface area contributed by atoms with Crippen LogP contribution >= 0.6 is 15.9 Å². The zero-order valence-corrected chi connectivity index (χ0v) is 9.86. The number of ether oxygens (including phenoxy) is 2. The third-order valence-electron chi connectivity index (χ3n) is 2.35. The van der Waals surface area contributed by atoms with Crippen LogP contribution in [-0.4, -0.2) is 24.8 Å². The molecule has 1 unspecified atom stereocenters. The average molecular weight is 288 g/mol. The van der Waals surface area contributed by atoms with Crippen molar-refractivity contribution in [1.82, 2.24) is 0 Å². The van der Waals surface area contributed by atoms with Crippen LogP contribution in [0.25, 0.3) is 0 Å². The highest BCUT2D eigenvalue weighted by Gasteiger charge is 2.27. The first-order valence-corrected chi connectivity index (χ1v) is 5.42. The van der Waals surface area contributed by atoms with Gasteiger partial charge in [-0.2, -0.15) is 0 Å². The van der Waals surface area contributed by atoms with E-state index in [0.717, 1.165) is 0 Å². The SMILES string of the molecule is NC(CO)c1c(Br)cc(C=O)c2c1OCO2. The molecule has 6 heteroatoms. The van der Waals surface area contributed by atoms with Crippen molar-refractivity contribution in [3.63, 3.8) is 0 Å². The minimum atomic E-state index is -0.578. The number of rotatable bonds is 3. The molecule has 2 rings (SSSR count). The summed E-state index contributed by atoms with van der Waals surface area (Å²) in [7, 11) is 0. The number of nitrogens with two attached hydrogens (primary N) is 1. The number of fused-ring (bicyclic) bond motifs is 1. The Balaban J connectivity index is 2.62. The van der Waals surface area contributed by atoms with Crippen LogP contribution in [-0.2, 0) is 0 Å². The Hall–Kier alpha value is -1.11. The van der Waals surface area contributed by atoms with Crippen LogP contribution < -0.4 is 15.2 Å². The molecule has 0 bridgehead atoms. The van der Waals surface area contributed by atoms with Gasteiger partial charge in [0.25, 0.3) is 0 Å². The first-order chi connectivity index (χ1) is 7.69. The Bertz CT molecular complexity index is 435. The number of hydrogen-bond donors (Lipinski definition) is 2. The number of hydrogen-bond acceptors (Lipinski definition) is 5. The summed E-state index contributed by atoms with van der Waals surface area (Å²) in [5.74, 6) is 0.815. The number of aldehydes is 1. The van der Waals surface area contributed by atoms with Crippen molar-refractivity contribution in [1.29, 1.82) is 0 Å². The lowest BCUT2D eigenvalue weighted by Crippen LogP contribution is -2.16. The Morgan fingerprint density at radius 3 is 2.88 bits per heavy atom. The van der Waals surface area contributed by atoms with Gasteiger partial charge in [-0.1, -0.05) is 15.9 Å². The van der Waals surface area contributed by atoms with Crippen LogP contribution in [0.4, 0.5) is 0 Å². The molecule has 0 saturated carbocycles. The predicted octanol–water partition coefficient (Wildman–Crippen LogP) is 0.982. The van der Waals surface area contributed by atoms with Crippen LogP contribution in [0, 0.1) is 0 Å². The summed E-state index contributed by atoms with van der Waals surface area (Å²) in [5, 5.41) is 9.06. The Morgan fingerprint density at radius 1 is 1.56 bits per heavy atom. The largest absolute Gasteiger partial charge is 0.453 e. The molecule has 0 aromatic heterocycles. The second-order valence-electron chi connectivity index (χ2n) is 3.33. The number of carbonyl (C=O) groups excluding carboxylic acids is 1. The Kier molecular flexibility index (Phi) is 3.13. The van der Waals surface area contributed by atoms with E-state index in [4.69, 9.17) is 20.3 Å². The van der Waals surface area contributed by atoms with Crippen molar-refractivity contribution in [3.8, 4) is 11.5 Å². The Labute approximate surface area is 100 Å². The second kappa shape index (κ2) is 4.40. The summed E-state index contributed by atoms with van der Waals surface area (Å²) in [4.78, 5) is 10.8. The van der Waals surface area contributed by atoms with Gasteiger partial charge >= 0.3 is 0 Å². The number of halogens is 1. The highest BCUT2D eigenvalue weighted by Crippen LogP contribution is 2.44. The molecular weight excluding hydrogens is 278 g/mol. The van der Waals surface area contributed by atoms with Gasteiger partial charge in [0, 0.05) is 10.0 Å². The summed E-state index contributed by atoms with van der Waals surface area (Å²) >= 11 is 3.30. The molecule has 0 fully saturated rings. The fourth-order valence-electron chi connectivity index (χ4n) is 1.61. The highest BCUT2D eigenvalue weighted by atomic mass is 79.9. The van der Waals surface area contributed by atoms with Gasteiger partial charge in [-0.05, 0) is 6.07 Å². The van der Waals surface area contributed by atoms with E-state index in [1.807, 2.05) is 0 Å². The van der Waals surface area contributed by atoms with E-state index in [0.29, 0.717) is 33.4 Å². The van der Waals surface area contributed by atoms with E-state index < -0.39 is 6.04 Å². The van der Waals surface area contributed by atoms with Crippen LogP contribution in [0.3, 0.4) is 0 Å². The number of benzene rings is 1. The highest BCUT2D eigenvalue weighted by molar-refractivity contribution is 9.10. The molecule has 0 spiro atoms. The number of aliphatic hydroxyl groups is 1. The van der Waals surface area contributed by atoms with Gasteiger partial charge in [0.1, 0.15) is 0 Å². The lowest BCUT2D eigenvalue weighted by atomic mass is 10.0. The van der Waals surface area contributed by atoms with Gasteiger partial charge in [-0.15, -0.1) is 0 Å². The molecule has 1 heterocycles. The van der Waals surface area contributed by atoms with Crippen molar-refractivity contribution in [2.24, 2.45) is 5.73 Å². The molecule has 1 aliphatic rings. The van der Waals surface area contributed by atoms with Gasteiger partial charge in [0.2, 0.25) is 6.79 Å². The third-order valence-corrected chi connectivity index (χ3v) is 3.01. The minimum absolute atomic E-state index is 0.0533. The number of aliphatic hydroxyl groups excluding tert-OH is 1. The van der Waals surface area contributed by atoms with Crippen molar-refractivity contribution < 1.29 is 19.4 Å². The van der Waals surface area contributed by atoms with Crippen LogP contribution in [0.5, 0.6) is 11.5 Å². The maximum atomic E-state index is 10.8. The average Bonchev–Trinajstić information content (AvgIpc) is 2.75. The molecule has 16 heavy (non-hydrogen) atoms. The number of carbonyl (C=O) groups is 1. The van der Waals surface area contributed by atoms with E-state index >= 15 is 0 Å². The summed E-state index contributed by atoms with van der Waals surface area (Å²) in [6.07, 6.45) is 0.687. The maximum Gasteiger partial charge on any atom is 0.231 e. The Morgan fingerprint density at radius 2 is 2.25 bits per heavy atom. The molecule has 0 radical (unpaired) electrons. The second-order valence-corrected chi connectivity index (χ2v) is 4.19. The van der Waals surface area contributed by atoms with E-state index in [-0.39, 0.29) is 13.4 Å². The lowest BCUT2D eigenvalue weighted by Gasteiger charge is -2.14. The van der Waals surface area contributed by atoms with Crippen LogP contribution in [0.1, 0.15) is 22.0 Å². The van der Waals surface area contributed by atoms with Gasteiger partial charge in [-0.3, -0.25) is 4.79 Å². The quantitative estimate of drug-likeness (QED) is 0.810. The molecule has 1 aliphatic heterocycles. The minimum Gasteiger partial charge on any atom is -0.453 e. The van der Waals surface area contributed by atoms with Crippen LogP contribution in [0.15, 0.2) is 10.5 Å². The fraction of sp³-hybridized carbons (Fsp3) is 0.300. The zero-order valence-electron chi connectivity index (χ0n) is 8.27. The molecule has 0 saturated heterocycles. The molecule has 0 aliphatic carbocycles. The molecule has 1 aromatic rings. The standard InChI is InChI=1S/C10H10BrNO4/c11-6-1-5(2-13)9-10(16-4-15-9)8(6)7(12)3-14/h1-2,7,14H,3-4,12H2. The van der Waals surface area contributed by atoms with Crippen molar-refractivity contribution in [3.05, 3.63) is 21.7 Å². The maximum absolute atomic E-state index is 10.8. The predicted molar refractivity (Wildman–Crippen MR) is 59.7 cm³/mol. The zero-order chi connectivity index (χ0) is 11.7. The molecule has 3 N–H and O–H groups in total. The monoisotopic (exact) mass is 287 g/mol. The van der Waals surface area contributed by atoms with Gasteiger partial charge in [-0.25, -0.2) is 0 Å². The molecule has 5 nitrogen and oxygen atoms in total. The summed E-state index contributed by atoms with van der Waals surface area (Å²) in [5.41, 5.74) is 6.76. The van der Waals surface area contributed by atoms with E-state index in [1.54, 1.807) is 6.07 Å². The third kappa shape index (κ3) is 1.68. The fourth-order valence-corrected chi connectivity index (χ4v) is 2.33. The van der Waals surface area contributed by atoms with Crippen LogP contribution in [0.2, 0.25) is 0 Å². The molecular formula is C10H10BrNO4. The normalized spacial score (nSPS) is 14.9. The summed E-state index contributed by atoms with van der Waals surface area (Å²) in [6.45, 7) is -0.160. The molecule has 0 amide bonds. The van der Waals surface area contributed by atoms with Crippen molar-refractivity contribution in [2.75, 3.05) is 13.4 Å². The van der Waals surface area contributed by atoms with E-state index in [2.05, 4.69) is 15.9 Å². The van der Waals surface area contributed by atoms with E-state index in [1.165, 1.54) is 0 Å². The topological polar surface area (TPSA) is 81.8 Å². The van der Waals surface area contributed by atoms with Gasteiger partial charge in [0.15, 0.2) is 17.8 Å². The van der Waals surface area contributed by atoms with Gasteiger partial charge < -0.3 is 20.3 Å². The molecule has 1 atom stereocenters. The lowest BCUT2D eigenvalue weighted by molar-refractivity contribution is 0.111. The summed E-state index contributed by atoms with van der Waals surface area (Å²) in [6, 6.07) is 1.02. The summed E-state index contributed by atoms with van der Waals surface area (Å²) < 4.78 is 11.1. The first kappa shape index (κ1) is 11.4.